The van der Waals surface area contributed by atoms with Gasteiger partial charge in [-0.2, -0.15) is 0 Å². The molecule has 0 bridgehead atoms. The quantitative estimate of drug-likeness (QED) is 0.800. The first-order valence-electron chi connectivity index (χ1n) is 6.37. The third kappa shape index (κ3) is 2.10. The Morgan fingerprint density at radius 3 is 2.42 bits per heavy atom. The van der Waals surface area contributed by atoms with Crippen molar-refractivity contribution in [1.82, 2.24) is 10.2 Å². The third-order valence-corrected chi connectivity index (χ3v) is 3.57. The summed E-state index contributed by atoms with van der Waals surface area (Å²) in [5.74, 6) is -0.294. The summed E-state index contributed by atoms with van der Waals surface area (Å²) < 4.78 is 0. The van der Waals surface area contributed by atoms with Crippen LogP contribution in [0.25, 0.3) is 0 Å². The van der Waals surface area contributed by atoms with Gasteiger partial charge in [0.25, 0.3) is 5.91 Å². The second kappa shape index (κ2) is 5.01. The zero-order valence-corrected chi connectivity index (χ0v) is 11.1. The number of imide groups is 1. The molecule has 1 fully saturated rings. The predicted molar refractivity (Wildman–Crippen MR) is 70.5 cm³/mol. The Labute approximate surface area is 112 Å². The first-order chi connectivity index (χ1) is 9.05. The molecule has 19 heavy (non-hydrogen) atoms. The zero-order chi connectivity index (χ0) is 14.0. The van der Waals surface area contributed by atoms with Gasteiger partial charge in [-0.05, 0) is 18.9 Å². The second-order valence-corrected chi connectivity index (χ2v) is 4.74. The van der Waals surface area contributed by atoms with E-state index in [1.54, 1.807) is 0 Å². The van der Waals surface area contributed by atoms with Crippen molar-refractivity contribution in [2.75, 3.05) is 13.2 Å². The molecular formula is C14H18N2O3. The average molecular weight is 262 g/mol. The van der Waals surface area contributed by atoms with E-state index in [0.717, 1.165) is 16.0 Å². The number of urea groups is 1. The average Bonchev–Trinajstić information content (AvgIpc) is 2.65. The maximum Gasteiger partial charge on any atom is 0.325 e. The molecule has 2 rings (SSSR count). The minimum Gasteiger partial charge on any atom is -0.395 e. The van der Waals surface area contributed by atoms with Gasteiger partial charge in [0.2, 0.25) is 0 Å². The van der Waals surface area contributed by atoms with E-state index in [-0.39, 0.29) is 19.1 Å². The smallest absolute Gasteiger partial charge is 0.325 e. The van der Waals surface area contributed by atoms with Crippen LogP contribution in [0.3, 0.4) is 0 Å². The highest BCUT2D eigenvalue weighted by Gasteiger charge is 2.50. The van der Waals surface area contributed by atoms with Gasteiger partial charge in [0.05, 0.1) is 13.2 Å². The highest BCUT2D eigenvalue weighted by atomic mass is 16.3. The van der Waals surface area contributed by atoms with Crippen molar-refractivity contribution in [2.24, 2.45) is 0 Å². The first-order valence-corrected chi connectivity index (χ1v) is 6.37. The molecule has 1 unspecified atom stereocenters. The van der Waals surface area contributed by atoms with Crippen LogP contribution in [-0.2, 0) is 10.3 Å². The monoisotopic (exact) mass is 262 g/mol. The molecule has 0 radical (unpaired) electrons. The standard InChI is InChI=1S/C14H18N2O3/c1-3-14(11-6-4-10(2)5-7-11)12(18)16(8-9-17)13(19)15-14/h4-7,17H,3,8-9H2,1-2H3,(H,15,19). The number of aliphatic hydroxyl groups excluding tert-OH is 1. The molecule has 2 N–H and O–H groups in total. The van der Waals surface area contributed by atoms with Crippen LogP contribution in [0.5, 0.6) is 0 Å². The van der Waals surface area contributed by atoms with Gasteiger partial charge in [0.15, 0.2) is 0 Å². The Hall–Kier alpha value is -1.88. The maximum absolute atomic E-state index is 12.5. The number of nitrogens with one attached hydrogen (secondary N) is 1. The van der Waals surface area contributed by atoms with Gasteiger partial charge in [-0.3, -0.25) is 9.69 Å². The third-order valence-electron chi connectivity index (χ3n) is 3.57. The molecular weight excluding hydrogens is 244 g/mol. The molecule has 0 aliphatic carbocycles. The number of nitrogens with zero attached hydrogens (tertiary/aromatic N) is 1. The van der Waals surface area contributed by atoms with E-state index in [1.807, 2.05) is 38.1 Å². The highest BCUT2D eigenvalue weighted by Crippen LogP contribution is 2.32. The minimum atomic E-state index is -1.00. The lowest BCUT2D eigenvalue weighted by molar-refractivity contribution is -0.132. The Bertz CT molecular complexity index is 498. The summed E-state index contributed by atoms with van der Waals surface area (Å²) in [6.45, 7) is 3.63. The van der Waals surface area contributed by atoms with Crippen LogP contribution in [0.15, 0.2) is 24.3 Å². The van der Waals surface area contributed by atoms with Crippen LogP contribution >= 0.6 is 0 Å². The topological polar surface area (TPSA) is 69.6 Å². The largest absolute Gasteiger partial charge is 0.395 e. The molecule has 1 aliphatic rings. The number of hydrogen-bond acceptors (Lipinski definition) is 3. The fraction of sp³-hybridized carbons (Fsp3) is 0.429. The Morgan fingerprint density at radius 1 is 1.26 bits per heavy atom. The molecule has 1 aliphatic heterocycles. The van der Waals surface area contributed by atoms with Crippen molar-refractivity contribution in [3.05, 3.63) is 35.4 Å². The van der Waals surface area contributed by atoms with Crippen molar-refractivity contribution in [3.63, 3.8) is 0 Å². The van der Waals surface area contributed by atoms with Crippen LogP contribution in [0.1, 0.15) is 24.5 Å². The lowest BCUT2D eigenvalue weighted by atomic mass is 9.87. The number of rotatable bonds is 4. The molecule has 102 valence electrons. The molecule has 1 aromatic rings. The number of carbonyl (C=O) groups is 2. The molecule has 0 spiro atoms. The number of β-amino-alcohol motifs (C(OH)–C–C–N with tert-alkyl or cyclic N) is 1. The Morgan fingerprint density at radius 2 is 1.89 bits per heavy atom. The van der Waals surface area contributed by atoms with E-state index >= 15 is 0 Å². The summed E-state index contributed by atoms with van der Waals surface area (Å²) >= 11 is 0. The first kappa shape index (κ1) is 13.5. The van der Waals surface area contributed by atoms with Gasteiger partial charge in [0, 0.05) is 0 Å². The molecule has 0 aromatic heterocycles. The van der Waals surface area contributed by atoms with E-state index in [4.69, 9.17) is 5.11 Å². The van der Waals surface area contributed by atoms with E-state index in [1.165, 1.54) is 0 Å². The number of hydrogen-bond donors (Lipinski definition) is 2. The van der Waals surface area contributed by atoms with Crippen LogP contribution in [0, 0.1) is 6.92 Å². The molecule has 1 atom stereocenters. The summed E-state index contributed by atoms with van der Waals surface area (Å²) in [6, 6.07) is 7.11. The van der Waals surface area contributed by atoms with Gasteiger partial charge in [-0.15, -0.1) is 0 Å². The van der Waals surface area contributed by atoms with E-state index in [0.29, 0.717) is 6.42 Å². The summed E-state index contributed by atoms with van der Waals surface area (Å²) in [7, 11) is 0. The molecule has 3 amide bonds. The predicted octanol–water partition coefficient (Wildman–Crippen LogP) is 1.14. The molecule has 1 aromatic carbocycles. The number of aliphatic hydroxyl groups is 1. The SMILES string of the molecule is CCC1(c2ccc(C)cc2)NC(=O)N(CCO)C1=O. The number of benzene rings is 1. The van der Waals surface area contributed by atoms with Crippen LogP contribution in [0.2, 0.25) is 0 Å². The van der Waals surface area contributed by atoms with Crippen LogP contribution in [-0.4, -0.2) is 35.1 Å². The second-order valence-electron chi connectivity index (χ2n) is 4.74. The Balaban J connectivity index is 2.41. The van der Waals surface area contributed by atoms with Crippen molar-refractivity contribution >= 4 is 11.9 Å². The molecule has 1 saturated heterocycles. The van der Waals surface area contributed by atoms with Crippen molar-refractivity contribution in [3.8, 4) is 0 Å². The van der Waals surface area contributed by atoms with Crippen LogP contribution in [0.4, 0.5) is 4.79 Å². The normalized spacial score (nSPS) is 22.8. The van der Waals surface area contributed by atoms with E-state index in [9.17, 15) is 9.59 Å². The minimum absolute atomic E-state index is 0.0261. The summed E-state index contributed by atoms with van der Waals surface area (Å²) in [5, 5.41) is 11.7. The van der Waals surface area contributed by atoms with Crippen molar-refractivity contribution < 1.29 is 14.7 Å². The molecule has 1 heterocycles. The van der Waals surface area contributed by atoms with Gasteiger partial charge >= 0.3 is 6.03 Å². The van der Waals surface area contributed by atoms with Gasteiger partial charge in [-0.1, -0.05) is 36.8 Å². The maximum atomic E-state index is 12.5. The van der Waals surface area contributed by atoms with E-state index in [2.05, 4.69) is 5.32 Å². The summed E-state index contributed by atoms with van der Waals surface area (Å²) in [6.07, 6.45) is 0.475. The van der Waals surface area contributed by atoms with E-state index < -0.39 is 11.6 Å². The van der Waals surface area contributed by atoms with Crippen molar-refractivity contribution in [2.45, 2.75) is 25.8 Å². The molecule has 0 saturated carbocycles. The van der Waals surface area contributed by atoms with Crippen molar-refractivity contribution in [1.29, 1.82) is 0 Å². The number of carbonyl (C=O) groups excluding carboxylic acids is 2. The fourth-order valence-electron chi connectivity index (χ4n) is 2.41. The summed E-state index contributed by atoms with van der Waals surface area (Å²) in [5.41, 5.74) is 0.873. The number of aryl methyl sites for hydroxylation is 1. The lowest BCUT2D eigenvalue weighted by Crippen LogP contribution is -2.43. The Kier molecular flexibility index (Phi) is 3.57. The van der Waals surface area contributed by atoms with Gasteiger partial charge < -0.3 is 10.4 Å². The molecule has 5 nitrogen and oxygen atoms in total. The van der Waals surface area contributed by atoms with Crippen LogP contribution < -0.4 is 5.32 Å². The summed E-state index contributed by atoms with van der Waals surface area (Å²) in [4.78, 5) is 25.4. The highest BCUT2D eigenvalue weighted by molar-refractivity contribution is 6.07. The number of amides is 3. The zero-order valence-electron chi connectivity index (χ0n) is 11.1. The van der Waals surface area contributed by atoms with Gasteiger partial charge in [-0.25, -0.2) is 4.79 Å². The fourth-order valence-corrected chi connectivity index (χ4v) is 2.41. The van der Waals surface area contributed by atoms with Gasteiger partial charge in [0.1, 0.15) is 5.54 Å². The molecule has 5 heteroatoms. The lowest BCUT2D eigenvalue weighted by Gasteiger charge is -2.25.